The molecule has 0 saturated carbocycles. The lowest BCUT2D eigenvalue weighted by Gasteiger charge is -2.25. The minimum atomic E-state index is -0.980. The monoisotopic (exact) mass is 447 g/mol. The highest BCUT2D eigenvalue weighted by Gasteiger charge is 2.19. The first-order chi connectivity index (χ1) is 15.9. The number of aromatic carboxylic acids is 1. The van der Waals surface area contributed by atoms with Gasteiger partial charge in [-0.15, -0.1) is 5.17 Å². The first-order valence-electron chi connectivity index (χ1n) is 10.6. The standard InChI is InChI=1S/C25H25N3O5/c1-16(12-24(29)32-3)27-14-19(22-6-4-5-7-23(22)27)13-20-15-33-28(26-17(20)2)21-10-8-18(9-11-21)25(30)31/h4-11,13-14,16H,12,15H2,1-3H3,(H,30,31)/b20-13+. The predicted octanol–water partition coefficient (Wildman–Crippen LogP) is 4.67. The molecule has 8 nitrogen and oxygen atoms in total. The normalized spacial score (nSPS) is 16.0. The van der Waals surface area contributed by atoms with Gasteiger partial charge in [0.1, 0.15) is 6.61 Å². The van der Waals surface area contributed by atoms with Crippen LogP contribution in [0.4, 0.5) is 5.69 Å². The van der Waals surface area contributed by atoms with Crippen molar-refractivity contribution < 1.29 is 24.3 Å². The van der Waals surface area contributed by atoms with Crippen LogP contribution in [0.2, 0.25) is 0 Å². The van der Waals surface area contributed by atoms with Crippen LogP contribution >= 0.6 is 0 Å². The van der Waals surface area contributed by atoms with Crippen LogP contribution < -0.4 is 5.17 Å². The van der Waals surface area contributed by atoms with Crippen LogP contribution in [0.1, 0.15) is 42.2 Å². The Bertz CT molecular complexity index is 1260. The van der Waals surface area contributed by atoms with Crippen LogP contribution in [-0.4, -0.2) is 41.0 Å². The number of nitrogens with zero attached hydrogens (tertiary/aromatic N) is 3. The van der Waals surface area contributed by atoms with Gasteiger partial charge < -0.3 is 14.4 Å². The second-order valence-electron chi connectivity index (χ2n) is 7.89. The summed E-state index contributed by atoms with van der Waals surface area (Å²) < 4.78 is 6.92. The zero-order valence-electron chi connectivity index (χ0n) is 18.7. The number of benzene rings is 2. The molecule has 0 aliphatic carbocycles. The first kappa shape index (κ1) is 22.3. The summed E-state index contributed by atoms with van der Waals surface area (Å²) in [5, 5.41) is 16.1. The Morgan fingerprint density at radius 3 is 2.61 bits per heavy atom. The van der Waals surface area contributed by atoms with Crippen molar-refractivity contribution >= 4 is 40.3 Å². The summed E-state index contributed by atoms with van der Waals surface area (Å²) in [6, 6.07) is 14.3. The van der Waals surface area contributed by atoms with Crippen molar-refractivity contribution in [2.75, 3.05) is 18.9 Å². The Morgan fingerprint density at radius 2 is 1.94 bits per heavy atom. The van der Waals surface area contributed by atoms with Gasteiger partial charge in [-0.3, -0.25) is 4.79 Å². The number of carbonyl (C=O) groups is 2. The lowest BCUT2D eigenvalue weighted by atomic mass is 10.1. The van der Waals surface area contributed by atoms with Crippen molar-refractivity contribution in [1.82, 2.24) is 4.57 Å². The Kier molecular flexibility index (Phi) is 6.28. The molecule has 2 heterocycles. The molecule has 0 fully saturated rings. The van der Waals surface area contributed by atoms with E-state index in [2.05, 4.69) is 15.7 Å². The molecule has 1 aliphatic rings. The Balaban J connectivity index is 1.63. The Hall–Kier alpha value is -3.91. The summed E-state index contributed by atoms with van der Waals surface area (Å²) in [5.74, 6) is -1.23. The fourth-order valence-electron chi connectivity index (χ4n) is 3.80. The number of carboxylic acid groups (broad SMARTS) is 1. The van der Waals surface area contributed by atoms with Crippen molar-refractivity contribution in [3.05, 3.63) is 71.4 Å². The molecule has 1 N–H and O–H groups in total. The highest BCUT2D eigenvalue weighted by molar-refractivity contribution is 6.05. The minimum Gasteiger partial charge on any atom is -0.478 e. The second-order valence-corrected chi connectivity index (χ2v) is 7.89. The first-order valence-corrected chi connectivity index (χ1v) is 10.6. The van der Waals surface area contributed by atoms with Gasteiger partial charge in [-0.1, -0.05) is 18.2 Å². The van der Waals surface area contributed by atoms with Gasteiger partial charge in [0, 0.05) is 34.3 Å². The summed E-state index contributed by atoms with van der Waals surface area (Å²) in [6.07, 6.45) is 4.37. The molecule has 1 atom stereocenters. The zero-order valence-corrected chi connectivity index (χ0v) is 18.7. The van der Waals surface area contributed by atoms with Crippen molar-refractivity contribution in [2.45, 2.75) is 26.3 Å². The van der Waals surface area contributed by atoms with E-state index < -0.39 is 5.97 Å². The van der Waals surface area contributed by atoms with E-state index in [0.29, 0.717) is 12.3 Å². The molecule has 0 bridgehead atoms. The van der Waals surface area contributed by atoms with Crippen molar-refractivity contribution in [1.29, 1.82) is 0 Å². The molecule has 3 aromatic rings. The second kappa shape index (κ2) is 9.30. The molecule has 0 amide bonds. The van der Waals surface area contributed by atoms with E-state index in [1.54, 1.807) is 12.1 Å². The molecular weight excluding hydrogens is 422 g/mol. The topological polar surface area (TPSA) is 93.4 Å². The van der Waals surface area contributed by atoms with Crippen LogP contribution in [0, 0.1) is 0 Å². The Morgan fingerprint density at radius 1 is 1.21 bits per heavy atom. The molecule has 0 saturated heterocycles. The van der Waals surface area contributed by atoms with E-state index in [1.807, 2.05) is 44.3 Å². The number of ether oxygens (including phenoxy) is 1. The molecule has 1 unspecified atom stereocenters. The number of carbonyl (C=O) groups excluding carboxylic acids is 1. The van der Waals surface area contributed by atoms with Crippen molar-refractivity contribution in [3.63, 3.8) is 0 Å². The van der Waals surface area contributed by atoms with Crippen LogP contribution in [0.25, 0.3) is 17.0 Å². The Labute approximate surface area is 191 Å². The van der Waals surface area contributed by atoms with E-state index in [0.717, 1.165) is 27.8 Å². The molecule has 8 heteroatoms. The molecule has 1 aliphatic heterocycles. The largest absolute Gasteiger partial charge is 0.478 e. The molecule has 0 spiro atoms. The maximum Gasteiger partial charge on any atom is 0.335 e. The van der Waals surface area contributed by atoms with Gasteiger partial charge >= 0.3 is 11.9 Å². The van der Waals surface area contributed by atoms with Gasteiger partial charge in [0.15, 0.2) is 0 Å². The van der Waals surface area contributed by atoms with Crippen LogP contribution in [0.5, 0.6) is 0 Å². The third-order valence-corrected chi connectivity index (χ3v) is 5.65. The quantitative estimate of drug-likeness (QED) is 0.552. The number of methoxy groups -OCH3 is 1. The predicted molar refractivity (Wildman–Crippen MR) is 126 cm³/mol. The molecule has 2 aromatic carbocycles. The number of hydrogen-bond acceptors (Lipinski definition) is 6. The SMILES string of the molecule is COC(=O)CC(C)n1cc(/C=C2\CON(c3ccc(C(=O)O)cc3)N=C2C)c2ccccc21. The number of anilines is 1. The zero-order chi connectivity index (χ0) is 23.5. The summed E-state index contributed by atoms with van der Waals surface area (Å²) in [7, 11) is 1.40. The fourth-order valence-corrected chi connectivity index (χ4v) is 3.80. The maximum absolute atomic E-state index is 11.8. The smallest absolute Gasteiger partial charge is 0.335 e. The molecule has 170 valence electrons. The molecule has 0 radical (unpaired) electrons. The number of hydrogen-bond donors (Lipinski definition) is 1. The van der Waals surface area contributed by atoms with E-state index >= 15 is 0 Å². The molecular formula is C25H25N3O5. The summed E-state index contributed by atoms with van der Waals surface area (Å²) in [5.41, 5.74) is 4.61. The van der Waals surface area contributed by atoms with E-state index in [9.17, 15) is 9.59 Å². The van der Waals surface area contributed by atoms with Crippen molar-refractivity contribution in [3.8, 4) is 0 Å². The summed E-state index contributed by atoms with van der Waals surface area (Å²) >= 11 is 0. The van der Waals surface area contributed by atoms with Gasteiger partial charge in [-0.25, -0.2) is 9.63 Å². The third kappa shape index (κ3) is 4.65. The number of aromatic nitrogens is 1. The minimum absolute atomic E-state index is 0.0591. The van der Waals surface area contributed by atoms with Crippen LogP contribution in [0.3, 0.4) is 0 Å². The third-order valence-electron chi connectivity index (χ3n) is 5.65. The number of esters is 1. The van der Waals surface area contributed by atoms with Gasteiger partial charge in [0.25, 0.3) is 0 Å². The highest BCUT2D eigenvalue weighted by Crippen LogP contribution is 2.29. The molecule has 33 heavy (non-hydrogen) atoms. The number of carboxylic acids is 1. The molecule has 1 aromatic heterocycles. The lowest BCUT2D eigenvalue weighted by molar-refractivity contribution is -0.141. The van der Waals surface area contributed by atoms with E-state index in [-0.39, 0.29) is 24.0 Å². The van der Waals surface area contributed by atoms with Crippen LogP contribution in [-0.2, 0) is 14.4 Å². The number of para-hydroxylation sites is 1. The average Bonchev–Trinajstić information content (AvgIpc) is 3.19. The lowest BCUT2D eigenvalue weighted by Crippen LogP contribution is -2.27. The van der Waals surface area contributed by atoms with E-state index in [4.69, 9.17) is 14.7 Å². The van der Waals surface area contributed by atoms with Gasteiger partial charge in [-0.2, -0.15) is 5.10 Å². The number of hydrazone groups is 1. The van der Waals surface area contributed by atoms with Gasteiger partial charge in [-0.05, 0) is 50.3 Å². The maximum atomic E-state index is 11.8. The number of rotatable bonds is 6. The average molecular weight is 447 g/mol. The van der Waals surface area contributed by atoms with Gasteiger partial charge in [0.05, 0.1) is 30.5 Å². The molecule has 4 rings (SSSR count). The van der Waals surface area contributed by atoms with Crippen LogP contribution in [0.15, 0.2) is 65.4 Å². The summed E-state index contributed by atoms with van der Waals surface area (Å²) in [4.78, 5) is 28.7. The highest BCUT2D eigenvalue weighted by atomic mass is 16.7. The fraction of sp³-hybridized carbons (Fsp3) is 0.240. The summed E-state index contributed by atoms with van der Waals surface area (Å²) in [6.45, 7) is 4.21. The number of fused-ring (bicyclic) bond motifs is 1. The van der Waals surface area contributed by atoms with E-state index in [1.165, 1.54) is 24.4 Å². The van der Waals surface area contributed by atoms with Gasteiger partial charge in [0.2, 0.25) is 0 Å². The van der Waals surface area contributed by atoms with Crippen molar-refractivity contribution in [2.24, 2.45) is 5.10 Å².